The minimum Gasteiger partial charge on any atom is -0.390 e. The summed E-state index contributed by atoms with van der Waals surface area (Å²) in [7, 11) is 1.72. The van der Waals surface area contributed by atoms with Gasteiger partial charge in [0, 0.05) is 7.11 Å². The van der Waals surface area contributed by atoms with Gasteiger partial charge in [-0.05, 0) is 37.0 Å². The van der Waals surface area contributed by atoms with Crippen LogP contribution in [0.15, 0.2) is 0 Å². The second-order valence-corrected chi connectivity index (χ2v) is 5.45. The molecule has 3 rings (SSSR count). The SMILES string of the molecule is CO[C@]1(C)[C@@H]2C[C@H](C[C@@H]1O)C2(C)C. The lowest BCUT2D eigenvalue weighted by molar-refractivity contribution is -0.256. The predicted molar refractivity (Wildman–Crippen MR) is 51.4 cm³/mol. The molecule has 0 aromatic rings. The van der Waals surface area contributed by atoms with Crippen LogP contribution in [-0.4, -0.2) is 23.9 Å². The summed E-state index contributed by atoms with van der Waals surface area (Å²) < 4.78 is 5.53. The lowest BCUT2D eigenvalue weighted by atomic mass is 9.43. The molecule has 0 radical (unpaired) electrons. The lowest BCUT2D eigenvalue weighted by Gasteiger charge is -2.65. The summed E-state index contributed by atoms with van der Waals surface area (Å²) in [5.41, 5.74) is 0.0578. The molecular weight excluding hydrogens is 164 g/mol. The Morgan fingerprint density at radius 2 is 1.85 bits per heavy atom. The molecule has 3 aliphatic carbocycles. The molecule has 0 aromatic heterocycles. The Balaban J connectivity index is 2.27. The summed E-state index contributed by atoms with van der Waals surface area (Å²) in [6, 6.07) is 0. The van der Waals surface area contributed by atoms with Crippen molar-refractivity contribution in [1.82, 2.24) is 0 Å². The van der Waals surface area contributed by atoms with Crippen LogP contribution in [0.25, 0.3) is 0 Å². The van der Waals surface area contributed by atoms with Crippen LogP contribution in [0.5, 0.6) is 0 Å². The Morgan fingerprint density at radius 3 is 2.23 bits per heavy atom. The first-order chi connectivity index (χ1) is 5.93. The fourth-order valence-corrected chi connectivity index (χ4v) is 3.40. The molecule has 2 nitrogen and oxygen atoms in total. The van der Waals surface area contributed by atoms with Crippen molar-refractivity contribution in [1.29, 1.82) is 0 Å². The molecule has 0 heterocycles. The van der Waals surface area contributed by atoms with Gasteiger partial charge in [-0.3, -0.25) is 0 Å². The highest BCUT2D eigenvalue weighted by Gasteiger charge is 2.63. The third-order valence-electron chi connectivity index (χ3n) is 4.77. The van der Waals surface area contributed by atoms with E-state index in [1.54, 1.807) is 7.11 Å². The van der Waals surface area contributed by atoms with Gasteiger partial charge in [-0.25, -0.2) is 0 Å². The minimum absolute atomic E-state index is 0.269. The number of ether oxygens (including phenoxy) is 1. The van der Waals surface area contributed by atoms with Crippen LogP contribution < -0.4 is 0 Å². The molecule has 3 saturated carbocycles. The van der Waals surface area contributed by atoms with Gasteiger partial charge in [0.2, 0.25) is 0 Å². The van der Waals surface area contributed by atoms with E-state index in [0.29, 0.717) is 17.3 Å². The zero-order valence-electron chi connectivity index (χ0n) is 9.00. The van der Waals surface area contributed by atoms with Crippen LogP contribution in [0.4, 0.5) is 0 Å². The van der Waals surface area contributed by atoms with Crippen LogP contribution in [0.3, 0.4) is 0 Å². The van der Waals surface area contributed by atoms with Gasteiger partial charge in [0.15, 0.2) is 0 Å². The topological polar surface area (TPSA) is 29.5 Å². The summed E-state index contributed by atoms with van der Waals surface area (Å²) in [6.07, 6.45) is 1.87. The van der Waals surface area contributed by atoms with Crippen molar-refractivity contribution in [3.05, 3.63) is 0 Å². The van der Waals surface area contributed by atoms with Crippen molar-refractivity contribution in [2.24, 2.45) is 17.3 Å². The van der Waals surface area contributed by atoms with Gasteiger partial charge in [-0.1, -0.05) is 13.8 Å². The standard InChI is InChI=1S/C11H20O2/c1-10(2)7-5-8(10)11(3,13-4)9(12)6-7/h7-9,12H,5-6H2,1-4H3/t7-,8-,9+,11-/m1/s1. The summed E-state index contributed by atoms with van der Waals surface area (Å²) >= 11 is 0. The van der Waals surface area contributed by atoms with Gasteiger partial charge in [-0.2, -0.15) is 0 Å². The van der Waals surface area contributed by atoms with Crippen LogP contribution in [0.2, 0.25) is 0 Å². The van der Waals surface area contributed by atoms with E-state index in [1.165, 1.54) is 6.42 Å². The molecule has 0 spiro atoms. The highest BCUT2D eigenvalue weighted by Crippen LogP contribution is 2.63. The average Bonchev–Trinajstić information content (AvgIpc) is 2.08. The third kappa shape index (κ3) is 0.962. The number of rotatable bonds is 1. The van der Waals surface area contributed by atoms with E-state index in [2.05, 4.69) is 20.8 Å². The van der Waals surface area contributed by atoms with Gasteiger partial charge in [0.05, 0.1) is 11.7 Å². The maximum atomic E-state index is 9.94. The molecule has 13 heavy (non-hydrogen) atoms. The van der Waals surface area contributed by atoms with Crippen molar-refractivity contribution >= 4 is 0 Å². The van der Waals surface area contributed by atoms with Crippen molar-refractivity contribution in [2.75, 3.05) is 7.11 Å². The van der Waals surface area contributed by atoms with E-state index in [9.17, 15) is 5.11 Å². The number of hydrogen-bond donors (Lipinski definition) is 1. The molecule has 3 fully saturated rings. The smallest absolute Gasteiger partial charge is 0.0941 e. The van der Waals surface area contributed by atoms with Crippen LogP contribution in [0, 0.1) is 17.3 Å². The van der Waals surface area contributed by atoms with Gasteiger partial charge in [0.25, 0.3) is 0 Å². The van der Waals surface area contributed by atoms with Crippen LogP contribution in [-0.2, 0) is 4.74 Å². The molecule has 1 N–H and O–H groups in total. The number of fused-ring (bicyclic) bond motifs is 2. The molecule has 0 aromatic carbocycles. The summed E-state index contributed by atoms with van der Waals surface area (Å²) in [4.78, 5) is 0. The fraction of sp³-hybridized carbons (Fsp3) is 1.00. The molecule has 2 bridgehead atoms. The van der Waals surface area contributed by atoms with Crippen LogP contribution in [0.1, 0.15) is 33.6 Å². The van der Waals surface area contributed by atoms with E-state index in [-0.39, 0.29) is 11.7 Å². The van der Waals surface area contributed by atoms with E-state index < -0.39 is 0 Å². The molecule has 0 saturated heterocycles. The maximum absolute atomic E-state index is 9.94. The Bertz CT molecular complexity index is 224. The number of aliphatic hydroxyl groups is 1. The molecule has 0 amide bonds. The zero-order valence-corrected chi connectivity index (χ0v) is 9.00. The van der Waals surface area contributed by atoms with Crippen molar-refractivity contribution in [3.8, 4) is 0 Å². The first-order valence-electron chi connectivity index (χ1n) is 5.16. The monoisotopic (exact) mass is 184 g/mol. The van der Waals surface area contributed by atoms with E-state index in [0.717, 1.165) is 6.42 Å². The molecule has 76 valence electrons. The molecule has 2 heteroatoms. The minimum atomic E-state index is -0.307. The summed E-state index contributed by atoms with van der Waals surface area (Å²) in [5, 5.41) is 9.94. The molecule has 0 aliphatic heterocycles. The van der Waals surface area contributed by atoms with Gasteiger partial charge < -0.3 is 9.84 Å². The number of methoxy groups -OCH3 is 1. The van der Waals surface area contributed by atoms with E-state index >= 15 is 0 Å². The first-order valence-corrected chi connectivity index (χ1v) is 5.16. The van der Waals surface area contributed by atoms with Gasteiger partial charge in [-0.15, -0.1) is 0 Å². The van der Waals surface area contributed by atoms with Crippen molar-refractivity contribution in [2.45, 2.75) is 45.3 Å². The third-order valence-corrected chi connectivity index (χ3v) is 4.77. The van der Waals surface area contributed by atoms with E-state index in [4.69, 9.17) is 4.74 Å². The summed E-state index contributed by atoms with van der Waals surface area (Å²) in [6.45, 7) is 6.66. The number of hydrogen-bond acceptors (Lipinski definition) is 2. The normalized spacial score (nSPS) is 52.8. The Morgan fingerprint density at radius 1 is 1.23 bits per heavy atom. The summed E-state index contributed by atoms with van der Waals surface area (Å²) in [5.74, 6) is 1.23. The fourth-order valence-electron chi connectivity index (χ4n) is 3.40. The maximum Gasteiger partial charge on any atom is 0.0941 e. The largest absolute Gasteiger partial charge is 0.390 e. The second kappa shape index (κ2) is 2.48. The quantitative estimate of drug-likeness (QED) is 0.673. The van der Waals surface area contributed by atoms with Gasteiger partial charge >= 0.3 is 0 Å². The number of aliphatic hydroxyl groups excluding tert-OH is 1. The van der Waals surface area contributed by atoms with Gasteiger partial charge in [0.1, 0.15) is 0 Å². The Kier molecular flexibility index (Phi) is 1.81. The first kappa shape index (κ1) is 9.47. The van der Waals surface area contributed by atoms with Crippen molar-refractivity contribution in [3.63, 3.8) is 0 Å². The molecular formula is C11H20O2. The Labute approximate surface area is 80.3 Å². The van der Waals surface area contributed by atoms with E-state index in [1.807, 2.05) is 0 Å². The zero-order chi connectivity index (χ0) is 9.85. The molecule has 3 aliphatic rings. The second-order valence-electron chi connectivity index (χ2n) is 5.45. The average molecular weight is 184 g/mol. The highest BCUT2D eigenvalue weighted by atomic mass is 16.5. The van der Waals surface area contributed by atoms with Crippen molar-refractivity contribution < 1.29 is 9.84 Å². The molecule has 0 unspecified atom stereocenters. The lowest BCUT2D eigenvalue weighted by Crippen LogP contribution is -2.67. The predicted octanol–water partition coefficient (Wildman–Crippen LogP) is 1.82. The molecule has 4 atom stereocenters. The van der Waals surface area contributed by atoms with Crippen LogP contribution >= 0.6 is 0 Å². The Hall–Kier alpha value is -0.0800. The highest BCUT2D eigenvalue weighted by molar-refractivity contribution is 5.13.